The number of aliphatic hydroxyl groups is 1. The number of halogens is 1. The number of ether oxygens (including phenoxy) is 1. The van der Waals surface area contributed by atoms with Crippen molar-refractivity contribution in [1.29, 1.82) is 0 Å². The number of rotatable bonds is 5. The summed E-state index contributed by atoms with van der Waals surface area (Å²) < 4.78 is 11.3. The lowest BCUT2D eigenvalue weighted by molar-refractivity contribution is 0.0837. The zero-order valence-corrected chi connectivity index (χ0v) is 14.9. The van der Waals surface area contributed by atoms with Crippen LogP contribution >= 0.6 is 12.4 Å². The van der Waals surface area contributed by atoms with Gasteiger partial charge in [-0.1, -0.05) is 6.07 Å². The van der Waals surface area contributed by atoms with Gasteiger partial charge in [0, 0.05) is 12.1 Å². The van der Waals surface area contributed by atoms with E-state index in [1.165, 1.54) is 0 Å². The van der Waals surface area contributed by atoms with Crippen LogP contribution in [0.2, 0.25) is 0 Å². The van der Waals surface area contributed by atoms with Crippen LogP contribution in [-0.2, 0) is 12.8 Å². The Balaban J connectivity index is 0.00000208. The van der Waals surface area contributed by atoms with Crippen LogP contribution in [0.25, 0.3) is 11.0 Å². The molecule has 0 radical (unpaired) electrons. The molecule has 0 saturated heterocycles. The minimum absolute atomic E-state index is 0. The molecule has 3 rings (SSSR count). The lowest BCUT2D eigenvalue weighted by Crippen LogP contribution is -2.30. The second-order valence-corrected chi connectivity index (χ2v) is 6.41. The van der Waals surface area contributed by atoms with Gasteiger partial charge in [0.05, 0.1) is 5.39 Å². The quantitative estimate of drug-likeness (QED) is 0.836. The Hall–Kier alpha value is -1.56. The molecule has 1 unspecified atom stereocenters. The monoisotopic (exact) mass is 353 g/mol. The Bertz CT molecular complexity index is 757. The van der Waals surface area contributed by atoms with Crippen molar-refractivity contribution in [3.05, 3.63) is 39.7 Å². The van der Waals surface area contributed by atoms with Gasteiger partial charge in [0.2, 0.25) is 0 Å². The number of aryl methyl sites for hydroxylation is 1. The largest absolute Gasteiger partial charge is 0.490 e. The molecular weight excluding hydrogens is 330 g/mol. The van der Waals surface area contributed by atoms with Crippen molar-refractivity contribution >= 4 is 23.4 Å². The predicted molar refractivity (Wildman–Crippen MR) is 96.4 cm³/mol. The van der Waals surface area contributed by atoms with E-state index in [9.17, 15) is 9.90 Å². The van der Waals surface area contributed by atoms with Gasteiger partial charge in [-0.25, -0.2) is 4.79 Å². The van der Waals surface area contributed by atoms with Crippen molar-refractivity contribution in [1.82, 2.24) is 4.90 Å². The molecular formula is C18H24ClNO4. The molecule has 1 aliphatic carbocycles. The molecule has 1 atom stereocenters. The molecule has 5 nitrogen and oxygen atoms in total. The van der Waals surface area contributed by atoms with Crippen molar-refractivity contribution < 1.29 is 14.3 Å². The topological polar surface area (TPSA) is 62.9 Å². The molecule has 0 bridgehead atoms. The van der Waals surface area contributed by atoms with Gasteiger partial charge in [0.15, 0.2) is 0 Å². The number of hydrogen-bond donors (Lipinski definition) is 1. The third kappa shape index (κ3) is 3.91. The van der Waals surface area contributed by atoms with Crippen molar-refractivity contribution in [3.8, 4) is 5.75 Å². The lowest BCUT2D eigenvalue weighted by Gasteiger charge is -2.20. The van der Waals surface area contributed by atoms with E-state index >= 15 is 0 Å². The number of aliphatic hydroxyl groups excluding tert-OH is 1. The van der Waals surface area contributed by atoms with Crippen LogP contribution in [0, 0.1) is 0 Å². The summed E-state index contributed by atoms with van der Waals surface area (Å²) in [4.78, 5) is 14.0. The fourth-order valence-electron chi connectivity index (χ4n) is 3.24. The zero-order chi connectivity index (χ0) is 16.4. The van der Waals surface area contributed by atoms with E-state index in [2.05, 4.69) is 0 Å². The molecule has 0 spiro atoms. The normalized spacial score (nSPS) is 15.0. The molecule has 1 aliphatic rings. The van der Waals surface area contributed by atoms with E-state index in [1.807, 2.05) is 31.1 Å². The molecule has 0 saturated carbocycles. The Morgan fingerprint density at radius 1 is 1.25 bits per heavy atom. The highest BCUT2D eigenvalue weighted by Crippen LogP contribution is 2.33. The van der Waals surface area contributed by atoms with Gasteiger partial charge in [0.1, 0.15) is 24.0 Å². The number of nitrogens with zero attached hydrogens (tertiary/aromatic N) is 1. The molecule has 0 fully saturated rings. The molecule has 6 heteroatoms. The fraction of sp³-hybridized carbons (Fsp3) is 0.500. The van der Waals surface area contributed by atoms with Gasteiger partial charge in [-0.2, -0.15) is 0 Å². The Kier molecular flexibility index (Phi) is 6.27. The van der Waals surface area contributed by atoms with Crippen molar-refractivity contribution in [2.45, 2.75) is 31.8 Å². The van der Waals surface area contributed by atoms with E-state index in [4.69, 9.17) is 9.15 Å². The molecule has 1 heterocycles. The van der Waals surface area contributed by atoms with Crippen LogP contribution in [0.1, 0.15) is 24.0 Å². The fourth-order valence-corrected chi connectivity index (χ4v) is 3.24. The van der Waals surface area contributed by atoms with Crippen molar-refractivity contribution in [2.75, 3.05) is 27.2 Å². The molecule has 1 aromatic heterocycles. The Morgan fingerprint density at radius 3 is 2.67 bits per heavy atom. The van der Waals surface area contributed by atoms with E-state index in [0.717, 1.165) is 42.2 Å². The first-order valence-corrected chi connectivity index (χ1v) is 8.09. The third-order valence-electron chi connectivity index (χ3n) is 4.21. The summed E-state index contributed by atoms with van der Waals surface area (Å²) in [6, 6.07) is 5.49. The second kappa shape index (κ2) is 8.01. The first kappa shape index (κ1) is 18.8. The van der Waals surface area contributed by atoms with Crippen molar-refractivity contribution in [3.63, 3.8) is 0 Å². The predicted octanol–water partition coefficient (Wildman–Crippen LogP) is 2.39. The van der Waals surface area contributed by atoms with Gasteiger partial charge in [-0.3, -0.25) is 0 Å². The molecule has 0 aliphatic heterocycles. The second-order valence-electron chi connectivity index (χ2n) is 6.41. The molecule has 1 aromatic carbocycles. The lowest BCUT2D eigenvalue weighted by atomic mass is 9.90. The van der Waals surface area contributed by atoms with Crippen LogP contribution in [0.3, 0.4) is 0 Å². The molecule has 0 amide bonds. The smallest absolute Gasteiger partial charge is 0.339 e. The first-order chi connectivity index (χ1) is 11.1. The number of hydrogen-bond acceptors (Lipinski definition) is 5. The highest BCUT2D eigenvalue weighted by atomic mass is 35.5. The van der Waals surface area contributed by atoms with Crippen LogP contribution in [0.5, 0.6) is 5.75 Å². The average molecular weight is 354 g/mol. The summed E-state index contributed by atoms with van der Waals surface area (Å²) >= 11 is 0. The molecule has 2 aromatic rings. The number of fused-ring (bicyclic) bond motifs is 3. The highest BCUT2D eigenvalue weighted by Gasteiger charge is 2.20. The standard InChI is InChI=1S/C18H23NO4.ClH/c1-19(2)10-12(20)11-22-15-8-5-9-16-17(15)13-6-3-4-7-14(13)18(21)23-16;/h5,8-9,12,20H,3-4,6-7,10-11H2,1-2H3;1H. The van der Waals surface area contributed by atoms with Gasteiger partial charge in [-0.15, -0.1) is 12.4 Å². The Labute approximate surface area is 147 Å². The zero-order valence-electron chi connectivity index (χ0n) is 14.1. The van der Waals surface area contributed by atoms with Gasteiger partial charge >= 0.3 is 5.63 Å². The maximum atomic E-state index is 12.1. The van der Waals surface area contributed by atoms with Crippen LogP contribution in [0.15, 0.2) is 27.4 Å². The summed E-state index contributed by atoms with van der Waals surface area (Å²) in [5, 5.41) is 10.9. The SMILES string of the molecule is CN(C)CC(O)COc1cccc2oc(=O)c3c(c12)CCCC3.Cl. The molecule has 132 valence electrons. The third-order valence-corrected chi connectivity index (χ3v) is 4.21. The molecule has 1 N–H and O–H groups in total. The van der Waals surface area contributed by atoms with E-state index in [-0.39, 0.29) is 24.6 Å². The average Bonchev–Trinajstić information content (AvgIpc) is 2.52. The summed E-state index contributed by atoms with van der Waals surface area (Å²) in [5.41, 5.74) is 2.18. The van der Waals surface area contributed by atoms with Crippen LogP contribution in [0.4, 0.5) is 0 Å². The van der Waals surface area contributed by atoms with E-state index < -0.39 is 6.10 Å². The first-order valence-electron chi connectivity index (χ1n) is 8.09. The minimum atomic E-state index is -0.563. The van der Waals surface area contributed by atoms with Gasteiger partial charge in [-0.05, 0) is 57.5 Å². The van der Waals surface area contributed by atoms with Crippen LogP contribution in [-0.4, -0.2) is 43.4 Å². The van der Waals surface area contributed by atoms with Crippen molar-refractivity contribution in [2.24, 2.45) is 0 Å². The minimum Gasteiger partial charge on any atom is -0.490 e. The Morgan fingerprint density at radius 2 is 1.96 bits per heavy atom. The highest BCUT2D eigenvalue weighted by molar-refractivity contribution is 5.88. The summed E-state index contributed by atoms with van der Waals surface area (Å²) in [6.07, 6.45) is 3.17. The maximum absolute atomic E-state index is 12.1. The summed E-state index contributed by atoms with van der Waals surface area (Å²) in [6.45, 7) is 0.753. The molecule has 24 heavy (non-hydrogen) atoms. The summed E-state index contributed by atoms with van der Waals surface area (Å²) in [5.74, 6) is 0.683. The van der Waals surface area contributed by atoms with E-state index in [1.54, 1.807) is 6.07 Å². The number of benzene rings is 1. The van der Waals surface area contributed by atoms with E-state index in [0.29, 0.717) is 17.9 Å². The maximum Gasteiger partial charge on any atom is 0.339 e. The number of likely N-dealkylation sites (N-methyl/N-ethyl adjacent to an activating group) is 1. The van der Waals surface area contributed by atoms with Crippen LogP contribution < -0.4 is 10.4 Å². The van der Waals surface area contributed by atoms with Gasteiger partial charge in [0.25, 0.3) is 0 Å². The summed E-state index contributed by atoms with van der Waals surface area (Å²) in [7, 11) is 3.82. The van der Waals surface area contributed by atoms with Gasteiger partial charge < -0.3 is 19.2 Å².